The number of anilines is 3. The first-order chi connectivity index (χ1) is 15.5. The van der Waals surface area contributed by atoms with Crippen molar-refractivity contribution in [2.45, 2.75) is 6.54 Å². The average Bonchev–Trinajstić information content (AvgIpc) is 3.28. The number of aromatic nitrogens is 2. The molecule has 1 aromatic heterocycles. The van der Waals surface area contributed by atoms with Crippen molar-refractivity contribution in [2.75, 3.05) is 10.6 Å². The molecule has 0 amide bonds. The molecule has 3 aromatic carbocycles. The topological polar surface area (TPSA) is 173 Å². The molecule has 12 nitrogen and oxygen atoms in total. The molecule has 0 fully saturated rings. The maximum absolute atomic E-state index is 11.7. The van der Waals surface area contributed by atoms with Gasteiger partial charge in [-0.25, -0.2) is 4.63 Å². The maximum Gasteiger partial charge on any atom is 0.323 e. The van der Waals surface area contributed by atoms with E-state index in [1.165, 1.54) is 18.2 Å². The third-order valence-corrected chi connectivity index (χ3v) is 4.62. The van der Waals surface area contributed by atoms with Crippen molar-refractivity contribution in [3.05, 3.63) is 86.0 Å². The Bertz CT molecular complexity index is 1380. The fraction of sp³-hybridized carbons (Fsp3) is 0.0500. The number of nitrogens with one attached hydrogen (secondary N) is 2. The zero-order valence-electron chi connectivity index (χ0n) is 16.2. The molecule has 0 aliphatic carbocycles. The van der Waals surface area contributed by atoms with Crippen LogP contribution in [0.3, 0.4) is 0 Å². The molecule has 12 heteroatoms. The molecule has 0 bridgehead atoms. The Hall–Kier alpha value is -5.05. The molecule has 0 atom stereocenters. The fourth-order valence-corrected chi connectivity index (χ4v) is 3.13. The predicted molar refractivity (Wildman–Crippen MR) is 113 cm³/mol. The summed E-state index contributed by atoms with van der Waals surface area (Å²) in [5, 5.41) is 45.5. The van der Waals surface area contributed by atoms with E-state index in [0.717, 1.165) is 11.6 Å². The van der Waals surface area contributed by atoms with Crippen LogP contribution >= 0.6 is 0 Å². The lowest BCUT2D eigenvalue weighted by Crippen LogP contribution is -2.05. The fourth-order valence-electron chi connectivity index (χ4n) is 3.13. The smallest absolute Gasteiger partial charge is 0.323 e. The van der Waals surface area contributed by atoms with Gasteiger partial charge in [0.15, 0.2) is 5.52 Å². The number of nitrogens with zero attached hydrogens (tertiary/aromatic N) is 5. The lowest BCUT2D eigenvalue weighted by molar-refractivity contribution is -0.384. The first-order valence-electron chi connectivity index (χ1n) is 9.15. The molecule has 1 heterocycles. The minimum absolute atomic E-state index is 0.0148. The molecule has 0 saturated carbocycles. The summed E-state index contributed by atoms with van der Waals surface area (Å²) in [6.45, 7) is 0.304. The van der Waals surface area contributed by atoms with Crippen molar-refractivity contribution in [3.8, 4) is 6.07 Å². The Balaban J connectivity index is 1.78. The second kappa shape index (κ2) is 8.36. The first kappa shape index (κ1) is 20.2. The Morgan fingerprint density at radius 3 is 2.38 bits per heavy atom. The summed E-state index contributed by atoms with van der Waals surface area (Å²) >= 11 is 0. The summed E-state index contributed by atoms with van der Waals surface area (Å²) in [4.78, 5) is 21.5. The van der Waals surface area contributed by atoms with Gasteiger partial charge in [0.1, 0.15) is 11.8 Å². The molecule has 158 valence electrons. The minimum Gasteiger partial charge on any atom is -0.375 e. The summed E-state index contributed by atoms with van der Waals surface area (Å²) in [6, 6.07) is 16.4. The molecule has 0 saturated heterocycles. The van der Waals surface area contributed by atoms with E-state index < -0.39 is 9.85 Å². The number of hydrogen-bond donors (Lipinski definition) is 2. The molecule has 4 aromatic rings. The molecule has 0 radical (unpaired) electrons. The number of non-ortho nitro benzene ring substituents is 1. The zero-order valence-corrected chi connectivity index (χ0v) is 16.2. The first-order valence-corrected chi connectivity index (χ1v) is 9.15. The summed E-state index contributed by atoms with van der Waals surface area (Å²) < 4.78 is 4.73. The lowest BCUT2D eigenvalue weighted by atomic mass is 10.1. The van der Waals surface area contributed by atoms with Gasteiger partial charge in [-0.2, -0.15) is 5.26 Å². The van der Waals surface area contributed by atoms with Crippen molar-refractivity contribution in [1.29, 1.82) is 5.26 Å². The van der Waals surface area contributed by atoms with E-state index in [4.69, 9.17) is 4.63 Å². The van der Waals surface area contributed by atoms with Crippen molar-refractivity contribution < 1.29 is 14.5 Å². The van der Waals surface area contributed by atoms with Gasteiger partial charge in [-0.05, 0) is 28.0 Å². The third kappa shape index (κ3) is 3.85. The highest BCUT2D eigenvalue weighted by Gasteiger charge is 2.26. The second-order valence-corrected chi connectivity index (χ2v) is 6.60. The van der Waals surface area contributed by atoms with Gasteiger partial charge >= 0.3 is 5.69 Å². The number of nitriles is 1. The summed E-state index contributed by atoms with van der Waals surface area (Å²) in [5.74, 6) is 0. The van der Waals surface area contributed by atoms with E-state index in [1.54, 1.807) is 0 Å². The minimum atomic E-state index is -0.609. The molecule has 0 unspecified atom stereocenters. The number of nitro groups is 2. The number of rotatable bonds is 7. The van der Waals surface area contributed by atoms with Gasteiger partial charge in [0, 0.05) is 18.7 Å². The molecular formula is C20H13N7O5. The van der Waals surface area contributed by atoms with Crippen molar-refractivity contribution >= 4 is 39.5 Å². The SMILES string of the molecule is N#Cc1cc([N+](=O)[O-])ccc1Nc1cc(NCc2ccccc2)c([N+](=O)[O-])c2nonc12. The number of hydrogen-bond acceptors (Lipinski definition) is 10. The summed E-state index contributed by atoms with van der Waals surface area (Å²) in [5.41, 5.74) is 1.03. The highest BCUT2D eigenvalue weighted by atomic mass is 16.6. The Kier molecular flexibility index (Phi) is 5.29. The third-order valence-electron chi connectivity index (χ3n) is 4.62. The number of benzene rings is 3. The molecular weight excluding hydrogens is 418 g/mol. The predicted octanol–water partition coefficient (Wildman–Crippen LogP) is 4.27. The quantitative estimate of drug-likeness (QED) is 0.318. The average molecular weight is 431 g/mol. The highest BCUT2D eigenvalue weighted by molar-refractivity contribution is 6.00. The van der Waals surface area contributed by atoms with Crippen LogP contribution in [0.15, 0.2) is 59.2 Å². The maximum atomic E-state index is 11.7. The molecule has 0 spiro atoms. The number of fused-ring (bicyclic) bond motifs is 1. The standard InChI is InChI=1S/C20H13N7O5/c21-10-13-8-14(26(28)29)6-7-15(13)23-16-9-17(22-11-12-4-2-1-3-5-12)20(27(30)31)19-18(16)24-32-25-19/h1-9,22-23H,11H2. The Morgan fingerprint density at radius 2 is 1.69 bits per heavy atom. The van der Waals surface area contributed by atoms with Gasteiger partial charge in [-0.3, -0.25) is 20.2 Å². The van der Waals surface area contributed by atoms with Gasteiger partial charge in [0.2, 0.25) is 5.52 Å². The van der Waals surface area contributed by atoms with E-state index in [1.807, 2.05) is 36.4 Å². The monoisotopic (exact) mass is 431 g/mol. The van der Waals surface area contributed by atoms with Crippen LogP contribution in [0.2, 0.25) is 0 Å². The van der Waals surface area contributed by atoms with Gasteiger partial charge in [-0.15, -0.1) is 0 Å². The van der Waals surface area contributed by atoms with E-state index >= 15 is 0 Å². The van der Waals surface area contributed by atoms with Crippen molar-refractivity contribution in [1.82, 2.24) is 10.3 Å². The molecule has 32 heavy (non-hydrogen) atoms. The highest BCUT2D eigenvalue weighted by Crippen LogP contribution is 2.38. The normalized spacial score (nSPS) is 10.5. The van der Waals surface area contributed by atoms with Crippen LogP contribution in [0.5, 0.6) is 0 Å². The van der Waals surface area contributed by atoms with E-state index in [0.29, 0.717) is 6.54 Å². The summed E-state index contributed by atoms with van der Waals surface area (Å²) in [7, 11) is 0. The Labute approximate surface area is 179 Å². The van der Waals surface area contributed by atoms with Crippen molar-refractivity contribution in [3.63, 3.8) is 0 Å². The second-order valence-electron chi connectivity index (χ2n) is 6.60. The molecule has 0 aliphatic heterocycles. The van der Waals surface area contributed by atoms with Crippen LogP contribution in [0.25, 0.3) is 11.0 Å². The van der Waals surface area contributed by atoms with Crippen LogP contribution in [0.1, 0.15) is 11.1 Å². The van der Waals surface area contributed by atoms with E-state index in [2.05, 4.69) is 20.9 Å². The Morgan fingerprint density at radius 1 is 0.938 bits per heavy atom. The van der Waals surface area contributed by atoms with Crippen LogP contribution in [-0.2, 0) is 6.54 Å². The van der Waals surface area contributed by atoms with E-state index in [9.17, 15) is 25.5 Å². The van der Waals surface area contributed by atoms with Crippen molar-refractivity contribution in [2.24, 2.45) is 0 Å². The van der Waals surface area contributed by atoms with Crippen LogP contribution in [-0.4, -0.2) is 20.2 Å². The van der Waals surface area contributed by atoms with E-state index in [-0.39, 0.29) is 45.0 Å². The summed E-state index contributed by atoms with van der Waals surface area (Å²) in [6.07, 6.45) is 0. The van der Waals surface area contributed by atoms with Gasteiger partial charge in [-0.1, -0.05) is 30.3 Å². The van der Waals surface area contributed by atoms with Gasteiger partial charge in [0.05, 0.1) is 26.8 Å². The van der Waals surface area contributed by atoms with Gasteiger partial charge in [0.25, 0.3) is 5.69 Å². The van der Waals surface area contributed by atoms with Gasteiger partial charge < -0.3 is 10.6 Å². The molecule has 0 aliphatic rings. The van der Waals surface area contributed by atoms with Crippen LogP contribution in [0, 0.1) is 31.6 Å². The molecule has 4 rings (SSSR count). The largest absolute Gasteiger partial charge is 0.375 e. The zero-order chi connectivity index (χ0) is 22.7. The number of nitro benzene ring substituents is 2. The van der Waals surface area contributed by atoms with Crippen LogP contribution < -0.4 is 10.6 Å². The molecule has 2 N–H and O–H groups in total. The lowest BCUT2D eigenvalue weighted by Gasteiger charge is -2.12. The van der Waals surface area contributed by atoms with Crippen LogP contribution in [0.4, 0.5) is 28.4 Å².